The summed E-state index contributed by atoms with van der Waals surface area (Å²) < 4.78 is 0. The van der Waals surface area contributed by atoms with Gasteiger partial charge in [0.2, 0.25) is 17.7 Å². The van der Waals surface area contributed by atoms with Crippen LogP contribution in [0.1, 0.15) is 34.1 Å². The zero-order chi connectivity index (χ0) is 19.7. The summed E-state index contributed by atoms with van der Waals surface area (Å²) >= 11 is 0. The van der Waals surface area contributed by atoms with E-state index in [2.05, 4.69) is 16.0 Å². The maximum absolute atomic E-state index is 12.2. The first-order chi connectivity index (χ1) is 11.5. The first kappa shape index (κ1) is 22.8. The minimum Gasteiger partial charge on any atom is -0.480 e. The summed E-state index contributed by atoms with van der Waals surface area (Å²) in [4.78, 5) is 46.5. The van der Waals surface area contributed by atoms with Crippen LogP contribution in [0.5, 0.6) is 0 Å². The molecule has 10 heteroatoms. The molecule has 0 aromatic rings. The highest BCUT2D eigenvalue weighted by molar-refractivity contribution is 5.93. The Balaban J connectivity index is 4.81. The van der Waals surface area contributed by atoms with Gasteiger partial charge in [-0.15, -0.1) is 0 Å². The zero-order valence-corrected chi connectivity index (χ0v) is 14.9. The Morgan fingerprint density at radius 1 is 0.960 bits per heavy atom. The molecule has 4 unspecified atom stereocenters. The third kappa shape index (κ3) is 9.01. The van der Waals surface area contributed by atoms with E-state index in [4.69, 9.17) is 10.8 Å². The van der Waals surface area contributed by atoms with E-state index in [0.717, 1.165) is 0 Å². The fraction of sp³-hybridized carbons (Fsp3) is 0.733. The first-order valence-electron chi connectivity index (χ1n) is 7.99. The van der Waals surface area contributed by atoms with Crippen molar-refractivity contribution in [2.24, 2.45) is 11.7 Å². The van der Waals surface area contributed by atoms with Gasteiger partial charge < -0.3 is 31.9 Å². The second-order valence-corrected chi connectivity index (χ2v) is 6.30. The molecule has 0 aliphatic heterocycles. The van der Waals surface area contributed by atoms with Crippen LogP contribution in [-0.2, 0) is 19.2 Å². The Bertz CT molecular complexity index is 494. The number of carbonyl (C=O) groups is 4. The summed E-state index contributed by atoms with van der Waals surface area (Å²) in [7, 11) is 0. The molecule has 4 atom stereocenters. The zero-order valence-electron chi connectivity index (χ0n) is 14.9. The molecule has 25 heavy (non-hydrogen) atoms. The van der Waals surface area contributed by atoms with E-state index in [9.17, 15) is 24.3 Å². The van der Waals surface area contributed by atoms with Crippen LogP contribution in [0.3, 0.4) is 0 Å². The van der Waals surface area contributed by atoms with Crippen molar-refractivity contribution in [1.82, 2.24) is 16.0 Å². The van der Waals surface area contributed by atoms with Crippen molar-refractivity contribution in [3.05, 3.63) is 0 Å². The summed E-state index contributed by atoms with van der Waals surface area (Å²) in [6, 6.07) is -3.10. The van der Waals surface area contributed by atoms with Crippen LogP contribution in [0.25, 0.3) is 0 Å². The number of aliphatic hydroxyl groups excluding tert-OH is 1. The molecule has 0 rings (SSSR count). The maximum atomic E-state index is 12.2. The number of rotatable bonds is 10. The van der Waals surface area contributed by atoms with Gasteiger partial charge in [0.05, 0.1) is 6.10 Å². The van der Waals surface area contributed by atoms with Crippen molar-refractivity contribution in [3.63, 3.8) is 0 Å². The lowest BCUT2D eigenvalue weighted by Crippen LogP contribution is -2.56. The molecule has 3 amide bonds. The Kier molecular flexibility index (Phi) is 9.69. The largest absolute Gasteiger partial charge is 0.480 e. The lowest BCUT2D eigenvalue weighted by Gasteiger charge is -2.23. The predicted molar refractivity (Wildman–Crippen MR) is 89.3 cm³/mol. The highest BCUT2D eigenvalue weighted by Gasteiger charge is 2.27. The van der Waals surface area contributed by atoms with Crippen molar-refractivity contribution in [1.29, 1.82) is 0 Å². The van der Waals surface area contributed by atoms with Crippen molar-refractivity contribution >= 4 is 23.7 Å². The van der Waals surface area contributed by atoms with Gasteiger partial charge in [-0.05, 0) is 26.2 Å². The van der Waals surface area contributed by atoms with Crippen molar-refractivity contribution in [3.8, 4) is 0 Å². The number of carboxylic acids is 1. The van der Waals surface area contributed by atoms with Crippen LogP contribution in [0.4, 0.5) is 0 Å². The smallest absolute Gasteiger partial charge is 0.322 e. The van der Waals surface area contributed by atoms with Gasteiger partial charge in [-0.3, -0.25) is 19.2 Å². The Labute approximate surface area is 146 Å². The summed E-state index contributed by atoms with van der Waals surface area (Å²) in [6.07, 6.45) is -0.781. The van der Waals surface area contributed by atoms with Gasteiger partial charge in [0.1, 0.15) is 24.7 Å². The number of nitrogens with one attached hydrogen (secondary N) is 3. The van der Waals surface area contributed by atoms with E-state index >= 15 is 0 Å². The van der Waals surface area contributed by atoms with Gasteiger partial charge in [0, 0.05) is 0 Å². The van der Waals surface area contributed by atoms with Crippen molar-refractivity contribution in [2.75, 3.05) is 6.54 Å². The van der Waals surface area contributed by atoms with Crippen LogP contribution in [0, 0.1) is 5.92 Å². The van der Waals surface area contributed by atoms with Crippen LogP contribution in [-0.4, -0.2) is 64.7 Å². The second kappa shape index (κ2) is 10.6. The molecule has 0 heterocycles. The third-order valence-corrected chi connectivity index (χ3v) is 3.33. The van der Waals surface area contributed by atoms with E-state index in [-0.39, 0.29) is 5.92 Å². The Hall–Kier alpha value is -2.20. The molecule has 0 saturated carbocycles. The summed E-state index contributed by atoms with van der Waals surface area (Å²) in [5, 5.41) is 24.9. The van der Waals surface area contributed by atoms with Gasteiger partial charge in [-0.25, -0.2) is 0 Å². The number of hydrogen-bond acceptors (Lipinski definition) is 6. The number of carbonyl (C=O) groups excluding carboxylic acids is 3. The summed E-state index contributed by atoms with van der Waals surface area (Å²) in [5.74, 6) is -3.08. The highest BCUT2D eigenvalue weighted by Crippen LogP contribution is 2.05. The van der Waals surface area contributed by atoms with Crippen molar-refractivity contribution < 1.29 is 29.4 Å². The van der Waals surface area contributed by atoms with E-state index in [0.29, 0.717) is 6.42 Å². The molecule has 0 radical (unpaired) electrons. The minimum atomic E-state index is -1.20. The topological polar surface area (TPSA) is 171 Å². The van der Waals surface area contributed by atoms with E-state index in [1.807, 2.05) is 13.8 Å². The van der Waals surface area contributed by atoms with E-state index in [1.54, 1.807) is 0 Å². The molecule has 0 aliphatic carbocycles. The summed E-state index contributed by atoms with van der Waals surface area (Å²) in [5.41, 5.74) is 5.48. The molecule has 0 aromatic heterocycles. The van der Waals surface area contributed by atoms with Crippen LogP contribution in [0.2, 0.25) is 0 Å². The molecule has 0 aliphatic rings. The molecular weight excluding hydrogens is 332 g/mol. The van der Waals surface area contributed by atoms with E-state index in [1.165, 1.54) is 13.8 Å². The number of amides is 3. The average Bonchev–Trinajstić information content (AvgIpc) is 2.50. The molecule has 0 bridgehead atoms. The quantitative estimate of drug-likeness (QED) is 0.260. The normalized spacial score (nSPS) is 15.6. The molecule has 144 valence electrons. The average molecular weight is 360 g/mol. The number of aliphatic carboxylic acids is 1. The van der Waals surface area contributed by atoms with Gasteiger partial charge in [-0.2, -0.15) is 0 Å². The number of aliphatic hydroxyl groups is 1. The molecule has 0 aromatic carbocycles. The lowest BCUT2D eigenvalue weighted by molar-refractivity contribution is -0.138. The predicted octanol–water partition coefficient (Wildman–Crippen LogP) is -2.07. The molecule has 0 spiro atoms. The standard InChI is InChI=1S/C15H28N4O6/c1-7(2)5-10(14(24)17-6-11(21)22)19-13(23)8(3)18-15(25)12(16)9(4)20/h7-10,12,20H,5-6,16H2,1-4H3,(H,17,24)(H,18,25)(H,19,23)(H,21,22). The number of hydrogen-bond donors (Lipinski definition) is 6. The fourth-order valence-corrected chi connectivity index (χ4v) is 1.88. The monoisotopic (exact) mass is 360 g/mol. The molecule has 0 fully saturated rings. The fourth-order valence-electron chi connectivity index (χ4n) is 1.88. The minimum absolute atomic E-state index is 0.0643. The maximum Gasteiger partial charge on any atom is 0.322 e. The second-order valence-electron chi connectivity index (χ2n) is 6.30. The molecule has 0 saturated heterocycles. The van der Waals surface area contributed by atoms with Crippen molar-refractivity contribution in [2.45, 2.75) is 58.3 Å². The number of nitrogens with two attached hydrogens (primary N) is 1. The highest BCUT2D eigenvalue weighted by atomic mass is 16.4. The van der Waals surface area contributed by atoms with Crippen LogP contribution < -0.4 is 21.7 Å². The Morgan fingerprint density at radius 3 is 1.96 bits per heavy atom. The third-order valence-electron chi connectivity index (χ3n) is 3.33. The number of carboxylic acid groups (broad SMARTS) is 1. The van der Waals surface area contributed by atoms with Gasteiger partial charge in [-0.1, -0.05) is 13.8 Å². The lowest BCUT2D eigenvalue weighted by atomic mass is 10.0. The summed E-state index contributed by atoms with van der Waals surface area (Å²) in [6.45, 7) is 5.88. The van der Waals surface area contributed by atoms with Gasteiger partial charge >= 0.3 is 5.97 Å². The van der Waals surface area contributed by atoms with Gasteiger partial charge in [0.25, 0.3) is 0 Å². The SMILES string of the molecule is CC(C)CC(NC(=O)C(C)NC(=O)C(N)C(C)O)C(=O)NCC(=O)O. The Morgan fingerprint density at radius 2 is 1.52 bits per heavy atom. The molecule has 10 nitrogen and oxygen atoms in total. The molecular formula is C15H28N4O6. The van der Waals surface area contributed by atoms with Crippen LogP contribution in [0.15, 0.2) is 0 Å². The molecule has 7 N–H and O–H groups in total. The van der Waals surface area contributed by atoms with E-state index < -0.39 is 54.5 Å². The van der Waals surface area contributed by atoms with Gasteiger partial charge in [0.15, 0.2) is 0 Å². The first-order valence-corrected chi connectivity index (χ1v) is 7.99. The van der Waals surface area contributed by atoms with Crippen LogP contribution >= 0.6 is 0 Å².